The smallest absolute Gasteiger partial charge is 0.393 e. The van der Waals surface area contributed by atoms with Gasteiger partial charge in [0.05, 0.1) is 6.10 Å². The van der Waals surface area contributed by atoms with Gasteiger partial charge in [0, 0.05) is 24.5 Å². The van der Waals surface area contributed by atoms with E-state index < -0.39 is 5.51 Å². The minimum atomic E-state index is -4.23. The third kappa shape index (κ3) is 5.04. The molecule has 19 heavy (non-hydrogen) atoms. The molecule has 0 amide bonds. The summed E-state index contributed by atoms with van der Waals surface area (Å²) in [5, 5.41) is 9.40. The summed E-state index contributed by atoms with van der Waals surface area (Å²) in [7, 11) is 0. The van der Waals surface area contributed by atoms with Crippen LogP contribution in [0.25, 0.3) is 0 Å². The zero-order valence-electron chi connectivity index (χ0n) is 10.4. The van der Waals surface area contributed by atoms with Gasteiger partial charge in [-0.05, 0) is 42.3 Å². The Hall–Kier alpha value is -0.720. The quantitative estimate of drug-likeness (QED) is 0.865. The number of alkyl halides is 3. The van der Waals surface area contributed by atoms with Crippen molar-refractivity contribution in [3.05, 3.63) is 29.8 Å². The molecule has 1 aliphatic heterocycles. The molecule has 2 nitrogen and oxygen atoms in total. The molecule has 1 heterocycles. The fourth-order valence-corrected chi connectivity index (χ4v) is 2.67. The van der Waals surface area contributed by atoms with E-state index in [1.165, 1.54) is 12.1 Å². The summed E-state index contributed by atoms with van der Waals surface area (Å²) in [6.45, 7) is 2.39. The predicted molar refractivity (Wildman–Crippen MR) is 68.9 cm³/mol. The Morgan fingerprint density at radius 1 is 1.16 bits per heavy atom. The van der Waals surface area contributed by atoms with Gasteiger partial charge in [-0.25, -0.2) is 0 Å². The maximum atomic E-state index is 12.2. The van der Waals surface area contributed by atoms with Gasteiger partial charge in [0.1, 0.15) is 0 Å². The summed E-state index contributed by atoms with van der Waals surface area (Å²) < 4.78 is 36.5. The molecule has 2 rings (SSSR count). The SMILES string of the molecule is OC1CCN(Cc2ccc(SC(F)(F)F)cc2)CC1. The number of halogens is 3. The number of aliphatic hydroxyl groups is 1. The molecule has 1 fully saturated rings. The van der Waals surface area contributed by atoms with Crippen LogP contribution in [0.1, 0.15) is 18.4 Å². The van der Waals surface area contributed by atoms with Crippen LogP contribution in [0, 0.1) is 0 Å². The lowest BCUT2D eigenvalue weighted by Gasteiger charge is -2.29. The third-order valence-corrected chi connectivity index (χ3v) is 3.86. The van der Waals surface area contributed by atoms with Crippen molar-refractivity contribution in [2.45, 2.75) is 35.9 Å². The maximum absolute atomic E-state index is 12.2. The zero-order valence-corrected chi connectivity index (χ0v) is 11.2. The zero-order chi connectivity index (χ0) is 13.9. The summed E-state index contributed by atoms with van der Waals surface area (Å²) in [5.74, 6) is 0. The van der Waals surface area contributed by atoms with Crippen LogP contribution in [0.5, 0.6) is 0 Å². The molecule has 1 N–H and O–H groups in total. The van der Waals surface area contributed by atoms with E-state index >= 15 is 0 Å². The van der Waals surface area contributed by atoms with Gasteiger partial charge >= 0.3 is 5.51 Å². The Labute approximate surface area is 114 Å². The number of benzene rings is 1. The number of likely N-dealkylation sites (tertiary alicyclic amines) is 1. The van der Waals surface area contributed by atoms with E-state index in [1.54, 1.807) is 12.1 Å². The molecule has 0 bridgehead atoms. The van der Waals surface area contributed by atoms with E-state index in [-0.39, 0.29) is 22.8 Å². The summed E-state index contributed by atoms with van der Waals surface area (Å²) in [6, 6.07) is 6.48. The molecule has 0 atom stereocenters. The molecule has 1 aromatic rings. The Balaban J connectivity index is 1.88. The first-order chi connectivity index (χ1) is 8.92. The Morgan fingerprint density at radius 2 is 1.74 bits per heavy atom. The van der Waals surface area contributed by atoms with Gasteiger partial charge in [0.2, 0.25) is 0 Å². The molecule has 0 aliphatic carbocycles. The average Bonchev–Trinajstić information content (AvgIpc) is 2.33. The number of rotatable bonds is 3. The number of thioether (sulfide) groups is 1. The highest BCUT2D eigenvalue weighted by Crippen LogP contribution is 2.36. The normalized spacial score (nSPS) is 18.7. The van der Waals surface area contributed by atoms with Gasteiger partial charge < -0.3 is 5.11 Å². The number of hydrogen-bond acceptors (Lipinski definition) is 3. The predicted octanol–water partition coefficient (Wildman–Crippen LogP) is 3.26. The van der Waals surface area contributed by atoms with Crippen LogP contribution in [0.2, 0.25) is 0 Å². The molecule has 0 saturated carbocycles. The van der Waals surface area contributed by atoms with Crippen LogP contribution in [0.3, 0.4) is 0 Å². The van der Waals surface area contributed by atoms with Gasteiger partial charge in [0.25, 0.3) is 0 Å². The fourth-order valence-electron chi connectivity index (χ4n) is 2.13. The van der Waals surface area contributed by atoms with Crippen molar-refractivity contribution >= 4 is 11.8 Å². The minimum Gasteiger partial charge on any atom is -0.393 e. The lowest BCUT2D eigenvalue weighted by molar-refractivity contribution is -0.0328. The molecule has 1 aliphatic rings. The van der Waals surface area contributed by atoms with Crippen LogP contribution >= 0.6 is 11.8 Å². The van der Waals surface area contributed by atoms with E-state index in [9.17, 15) is 18.3 Å². The molecule has 0 aromatic heterocycles. The van der Waals surface area contributed by atoms with E-state index in [4.69, 9.17) is 0 Å². The first-order valence-corrected chi connectivity index (χ1v) is 6.99. The Morgan fingerprint density at radius 3 is 2.26 bits per heavy atom. The lowest BCUT2D eigenvalue weighted by atomic mass is 10.1. The Kier molecular flexibility index (Phi) is 4.76. The molecular weight excluding hydrogens is 275 g/mol. The van der Waals surface area contributed by atoms with Crippen LogP contribution in [0.4, 0.5) is 13.2 Å². The molecule has 6 heteroatoms. The van der Waals surface area contributed by atoms with Gasteiger partial charge in [-0.3, -0.25) is 4.90 Å². The average molecular weight is 291 g/mol. The van der Waals surface area contributed by atoms with Crippen LogP contribution in [-0.4, -0.2) is 34.7 Å². The second-order valence-electron chi connectivity index (χ2n) is 4.70. The van der Waals surface area contributed by atoms with E-state index in [1.807, 2.05) is 0 Å². The fraction of sp³-hybridized carbons (Fsp3) is 0.538. The highest BCUT2D eigenvalue weighted by atomic mass is 32.2. The van der Waals surface area contributed by atoms with Crippen molar-refractivity contribution in [3.63, 3.8) is 0 Å². The van der Waals surface area contributed by atoms with Crippen molar-refractivity contribution in [2.24, 2.45) is 0 Å². The molecule has 106 valence electrons. The summed E-state index contributed by atoms with van der Waals surface area (Å²) >= 11 is -0.0909. The van der Waals surface area contributed by atoms with E-state index in [2.05, 4.69) is 4.90 Å². The lowest BCUT2D eigenvalue weighted by Crippen LogP contribution is -2.35. The molecule has 0 unspecified atom stereocenters. The molecule has 1 saturated heterocycles. The van der Waals surface area contributed by atoms with Crippen molar-refractivity contribution in [3.8, 4) is 0 Å². The summed E-state index contributed by atoms with van der Waals surface area (Å²) in [6.07, 6.45) is 1.33. The first-order valence-electron chi connectivity index (χ1n) is 6.17. The number of aliphatic hydroxyl groups excluding tert-OH is 1. The van der Waals surface area contributed by atoms with Crippen molar-refractivity contribution in [1.82, 2.24) is 4.90 Å². The molecule has 0 radical (unpaired) electrons. The van der Waals surface area contributed by atoms with Gasteiger partial charge in [0.15, 0.2) is 0 Å². The van der Waals surface area contributed by atoms with Crippen molar-refractivity contribution < 1.29 is 18.3 Å². The number of hydrogen-bond donors (Lipinski definition) is 1. The van der Waals surface area contributed by atoms with E-state index in [0.717, 1.165) is 38.0 Å². The van der Waals surface area contributed by atoms with E-state index in [0.29, 0.717) is 0 Å². The minimum absolute atomic E-state index is 0.0909. The largest absolute Gasteiger partial charge is 0.446 e. The summed E-state index contributed by atoms with van der Waals surface area (Å²) in [5.41, 5.74) is -3.23. The molecular formula is C13H16F3NOS. The second-order valence-corrected chi connectivity index (χ2v) is 5.84. The van der Waals surface area contributed by atoms with Crippen LogP contribution in [-0.2, 0) is 6.54 Å². The van der Waals surface area contributed by atoms with Gasteiger partial charge in [-0.1, -0.05) is 12.1 Å². The number of nitrogens with zero attached hydrogens (tertiary/aromatic N) is 1. The molecule has 1 aromatic carbocycles. The van der Waals surface area contributed by atoms with Gasteiger partial charge in [-0.2, -0.15) is 13.2 Å². The van der Waals surface area contributed by atoms with Crippen LogP contribution < -0.4 is 0 Å². The van der Waals surface area contributed by atoms with Crippen molar-refractivity contribution in [1.29, 1.82) is 0 Å². The van der Waals surface area contributed by atoms with Gasteiger partial charge in [-0.15, -0.1) is 0 Å². The van der Waals surface area contributed by atoms with Crippen LogP contribution in [0.15, 0.2) is 29.2 Å². The number of piperidine rings is 1. The highest BCUT2D eigenvalue weighted by molar-refractivity contribution is 8.00. The topological polar surface area (TPSA) is 23.5 Å². The Bertz CT molecular complexity index is 399. The first kappa shape index (κ1) is 14.7. The van der Waals surface area contributed by atoms with Crippen molar-refractivity contribution in [2.75, 3.05) is 13.1 Å². The standard InChI is InChI=1S/C13H16F3NOS/c14-13(15,16)19-12-3-1-10(2-4-12)9-17-7-5-11(18)6-8-17/h1-4,11,18H,5-9H2. The maximum Gasteiger partial charge on any atom is 0.446 e. The highest BCUT2D eigenvalue weighted by Gasteiger charge is 2.29. The molecule has 0 spiro atoms. The summed E-state index contributed by atoms with van der Waals surface area (Å²) in [4.78, 5) is 2.42. The monoisotopic (exact) mass is 291 g/mol. The second kappa shape index (κ2) is 6.15. The third-order valence-electron chi connectivity index (χ3n) is 3.12.